The molecule has 2 heterocycles. The van der Waals surface area contributed by atoms with Gasteiger partial charge in [-0.05, 0) is 59.9 Å². The Hall–Kier alpha value is -2.04. The highest BCUT2D eigenvalue weighted by atomic mass is 79.9. The molecular formula is C18H18BrFN4O. The lowest BCUT2D eigenvalue weighted by molar-refractivity contribution is 0.131. The van der Waals surface area contributed by atoms with Crippen molar-refractivity contribution < 1.29 is 9.13 Å². The first kappa shape index (κ1) is 17.8. The fourth-order valence-electron chi connectivity index (χ4n) is 2.86. The third-order valence-corrected chi connectivity index (χ3v) is 4.74. The number of nitrogens with zero attached hydrogens (tertiary/aromatic N) is 4. The lowest BCUT2D eigenvalue weighted by Gasteiger charge is -2.31. The molecule has 0 bridgehead atoms. The van der Waals surface area contributed by atoms with Crippen LogP contribution in [-0.4, -0.2) is 34.6 Å². The monoisotopic (exact) mass is 404 g/mol. The first-order chi connectivity index (χ1) is 12.1. The summed E-state index contributed by atoms with van der Waals surface area (Å²) in [6.07, 6.45) is 5.32. The second-order valence-electron chi connectivity index (χ2n) is 6.13. The zero-order valence-electron chi connectivity index (χ0n) is 13.7. The number of likely N-dealkylation sites (tertiary alicyclic amines) is 1. The van der Waals surface area contributed by atoms with E-state index in [1.165, 1.54) is 6.07 Å². The van der Waals surface area contributed by atoms with Gasteiger partial charge in [0.05, 0.1) is 22.7 Å². The van der Waals surface area contributed by atoms with Crippen LogP contribution in [0.2, 0.25) is 0 Å². The van der Waals surface area contributed by atoms with Gasteiger partial charge in [-0.15, -0.1) is 0 Å². The Morgan fingerprint density at radius 3 is 2.64 bits per heavy atom. The number of aromatic nitrogens is 2. The maximum absolute atomic E-state index is 14.0. The van der Waals surface area contributed by atoms with Gasteiger partial charge in [0, 0.05) is 24.5 Å². The molecule has 0 spiro atoms. The van der Waals surface area contributed by atoms with Crippen molar-refractivity contribution in [3.63, 3.8) is 0 Å². The summed E-state index contributed by atoms with van der Waals surface area (Å²) in [4.78, 5) is 10.4. The van der Waals surface area contributed by atoms with Gasteiger partial charge in [-0.2, -0.15) is 5.26 Å². The third kappa shape index (κ3) is 4.97. The van der Waals surface area contributed by atoms with Crippen LogP contribution in [0.3, 0.4) is 0 Å². The Morgan fingerprint density at radius 2 is 2.00 bits per heavy atom. The third-order valence-electron chi connectivity index (χ3n) is 4.33. The summed E-state index contributed by atoms with van der Waals surface area (Å²) in [7, 11) is 0. The molecule has 3 rings (SSSR count). The number of hydrogen-bond donors (Lipinski definition) is 0. The van der Waals surface area contributed by atoms with Crippen LogP contribution in [0, 0.1) is 23.1 Å². The van der Waals surface area contributed by atoms with Gasteiger partial charge in [-0.3, -0.25) is 4.90 Å². The molecule has 0 saturated carbocycles. The fraction of sp³-hybridized carbons (Fsp3) is 0.389. The zero-order chi connectivity index (χ0) is 17.6. The standard InChI is InChI=1S/C18H18BrFN4O/c19-16-9-22-18(23-10-16)25-12-13-3-5-24(6-4-13)11-15-2-1-14(8-21)7-17(15)20/h1-2,7,9-10,13H,3-6,11-12H2. The van der Waals surface area contributed by atoms with Crippen LogP contribution in [0.1, 0.15) is 24.0 Å². The van der Waals surface area contributed by atoms with Crippen molar-refractivity contribution in [3.05, 3.63) is 52.0 Å². The van der Waals surface area contributed by atoms with Gasteiger partial charge in [-0.1, -0.05) is 6.07 Å². The number of ether oxygens (including phenoxy) is 1. The van der Waals surface area contributed by atoms with Crippen molar-refractivity contribution in [2.24, 2.45) is 5.92 Å². The number of hydrogen-bond acceptors (Lipinski definition) is 5. The largest absolute Gasteiger partial charge is 0.463 e. The SMILES string of the molecule is N#Cc1ccc(CN2CCC(COc3ncc(Br)cn3)CC2)c(F)c1. The molecule has 1 aliphatic heterocycles. The van der Waals surface area contributed by atoms with Crippen LogP contribution in [0.4, 0.5) is 4.39 Å². The van der Waals surface area contributed by atoms with Gasteiger partial charge in [0.25, 0.3) is 0 Å². The van der Waals surface area contributed by atoms with Gasteiger partial charge in [-0.25, -0.2) is 14.4 Å². The Labute approximate surface area is 154 Å². The molecular weight excluding hydrogens is 387 g/mol. The summed E-state index contributed by atoms with van der Waals surface area (Å²) in [6, 6.07) is 7.01. The molecule has 0 aliphatic carbocycles. The van der Waals surface area contributed by atoms with E-state index in [1.807, 2.05) is 6.07 Å². The maximum Gasteiger partial charge on any atom is 0.316 e. The Balaban J connectivity index is 1.45. The quantitative estimate of drug-likeness (QED) is 0.762. The van der Waals surface area contributed by atoms with Gasteiger partial charge in [0.1, 0.15) is 5.82 Å². The summed E-state index contributed by atoms with van der Waals surface area (Å²) >= 11 is 3.29. The lowest BCUT2D eigenvalue weighted by Crippen LogP contribution is -2.35. The van der Waals surface area contributed by atoms with E-state index in [2.05, 4.69) is 30.8 Å². The Bertz CT molecular complexity index is 755. The molecule has 25 heavy (non-hydrogen) atoms. The molecule has 1 fully saturated rings. The van der Waals surface area contributed by atoms with Crippen LogP contribution in [-0.2, 0) is 6.54 Å². The highest BCUT2D eigenvalue weighted by Crippen LogP contribution is 2.21. The van der Waals surface area contributed by atoms with Crippen LogP contribution in [0.25, 0.3) is 0 Å². The predicted octanol–water partition coefficient (Wildman–Crippen LogP) is 3.54. The van der Waals surface area contributed by atoms with E-state index in [9.17, 15) is 4.39 Å². The normalized spacial score (nSPS) is 15.7. The van der Waals surface area contributed by atoms with E-state index in [4.69, 9.17) is 10.00 Å². The molecule has 0 unspecified atom stereocenters. The first-order valence-electron chi connectivity index (χ1n) is 8.15. The van der Waals surface area contributed by atoms with Crippen molar-refractivity contribution in [1.82, 2.24) is 14.9 Å². The van der Waals surface area contributed by atoms with E-state index >= 15 is 0 Å². The molecule has 0 atom stereocenters. The van der Waals surface area contributed by atoms with Crippen molar-refractivity contribution in [1.29, 1.82) is 5.26 Å². The number of nitriles is 1. The summed E-state index contributed by atoms with van der Waals surface area (Å²) < 4.78 is 20.5. The van der Waals surface area contributed by atoms with Crippen molar-refractivity contribution in [3.8, 4) is 12.1 Å². The Morgan fingerprint density at radius 1 is 1.28 bits per heavy atom. The average molecular weight is 405 g/mol. The first-order valence-corrected chi connectivity index (χ1v) is 8.94. The van der Waals surface area contributed by atoms with E-state index in [0.717, 1.165) is 30.4 Å². The summed E-state index contributed by atoms with van der Waals surface area (Å²) in [5, 5.41) is 8.80. The van der Waals surface area contributed by atoms with E-state index in [1.54, 1.807) is 24.5 Å². The molecule has 1 saturated heterocycles. The van der Waals surface area contributed by atoms with E-state index in [-0.39, 0.29) is 5.82 Å². The lowest BCUT2D eigenvalue weighted by atomic mass is 9.97. The number of rotatable bonds is 5. The minimum absolute atomic E-state index is 0.308. The fourth-order valence-corrected chi connectivity index (χ4v) is 3.07. The summed E-state index contributed by atoms with van der Waals surface area (Å²) in [5.41, 5.74) is 0.990. The minimum atomic E-state index is -0.308. The minimum Gasteiger partial charge on any atom is -0.463 e. The van der Waals surface area contributed by atoms with Crippen LogP contribution in [0.15, 0.2) is 35.1 Å². The molecule has 1 aromatic heterocycles. The molecule has 130 valence electrons. The van der Waals surface area contributed by atoms with Gasteiger partial charge < -0.3 is 4.74 Å². The van der Waals surface area contributed by atoms with Gasteiger partial charge in [0.15, 0.2) is 0 Å². The molecule has 7 heteroatoms. The molecule has 2 aromatic rings. The van der Waals surface area contributed by atoms with Crippen molar-refractivity contribution in [2.45, 2.75) is 19.4 Å². The Kier molecular flexibility index (Phi) is 5.95. The molecule has 0 amide bonds. The second kappa shape index (κ2) is 8.37. The molecule has 0 N–H and O–H groups in total. The number of benzene rings is 1. The molecule has 1 aromatic carbocycles. The predicted molar refractivity (Wildman–Crippen MR) is 94.3 cm³/mol. The number of piperidine rings is 1. The molecule has 5 nitrogen and oxygen atoms in total. The highest BCUT2D eigenvalue weighted by molar-refractivity contribution is 9.10. The smallest absolute Gasteiger partial charge is 0.316 e. The average Bonchev–Trinajstić information content (AvgIpc) is 2.64. The van der Waals surface area contributed by atoms with E-state index in [0.29, 0.717) is 36.2 Å². The molecule has 0 radical (unpaired) electrons. The van der Waals surface area contributed by atoms with Crippen molar-refractivity contribution >= 4 is 15.9 Å². The summed E-state index contributed by atoms with van der Waals surface area (Å²) in [6.45, 7) is 2.96. The second-order valence-corrected chi connectivity index (χ2v) is 7.05. The number of halogens is 2. The summed E-state index contributed by atoms with van der Waals surface area (Å²) in [5.74, 6) is 0.145. The maximum atomic E-state index is 14.0. The van der Waals surface area contributed by atoms with Crippen LogP contribution in [0.5, 0.6) is 6.01 Å². The van der Waals surface area contributed by atoms with Crippen LogP contribution >= 0.6 is 15.9 Å². The topological polar surface area (TPSA) is 62.0 Å². The van der Waals surface area contributed by atoms with Crippen molar-refractivity contribution in [2.75, 3.05) is 19.7 Å². The van der Waals surface area contributed by atoms with Crippen LogP contribution < -0.4 is 4.74 Å². The molecule has 1 aliphatic rings. The van der Waals surface area contributed by atoms with Gasteiger partial charge in [0.2, 0.25) is 0 Å². The highest BCUT2D eigenvalue weighted by Gasteiger charge is 2.21. The zero-order valence-corrected chi connectivity index (χ0v) is 15.2. The van der Waals surface area contributed by atoms with E-state index < -0.39 is 0 Å². The van der Waals surface area contributed by atoms with Gasteiger partial charge >= 0.3 is 6.01 Å².